The third-order valence-electron chi connectivity index (χ3n) is 3.58. The molecule has 0 fully saturated rings. The summed E-state index contributed by atoms with van der Waals surface area (Å²) in [6.07, 6.45) is 1.81. The molecule has 0 saturated heterocycles. The first-order valence-electron chi connectivity index (χ1n) is 7.85. The fourth-order valence-corrected chi connectivity index (χ4v) is 3.27. The SMILES string of the molecule is Cc1cc(Cl)ccc1OCCCC(=O)Nc1cc(S(C)(=O)=O)ccc1Cl. The Hall–Kier alpha value is -1.76. The van der Waals surface area contributed by atoms with Gasteiger partial charge in [-0.1, -0.05) is 23.2 Å². The highest BCUT2D eigenvalue weighted by molar-refractivity contribution is 7.90. The molecule has 2 rings (SSSR count). The Morgan fingerprint density at radius 1 is 1.15 bits per heavy atom. The molecule has 0 unspecified atom stereocenters. The highest BCUT2D eigenvalue weighted by Gasteiger charge is 2.12. The highest BCUT2D eigenvalue weighted by Crippen LogP contribution is 2.26. The summed E-state index contributed by atoms with van der Waals surface area (Å²) in [5.74, 6) is 0.452. The average Bonchev–Trinajstić information content (AvgIpc) is 2.54. The fraction of sp³-hybridized carbons (Fsp3) is 0.278. The van der Waals surface area contributed by atoms with Gasteiger partial charge in [0.1, 0.15) is 5.75 Å². The molecule has 5 nitrogen and oxygen atoms in total. The van der Waals surface area contributed by atoms with Crippen molar-refractivity contribution in [2.45, 2.75) is 24.7 Å². The van der Waals surface area contributed by atoms with Crippen molar-refractivity contribution < 1.29 is 17.9 Å². The minimum atomic E-state index is -3.38. The Kier molecular flexibility index (Phi) is 6.92. The predicted molar refractivity (Wildman–Crippen MR) is 104 cm³/mol. The standard InChI is InChI=1S/C18H19Cl2NO4S/c1-12-10-13(19)5-8-17(12)25-9-3-4-18(22)21-16-11-14(26(2,23)24)6-7-15(16)20/h5-8,10-11H,3-4,9H2,1-2H3,(H,21,22). The van der Waals surface area contributed by atoms with Gasteiger partial charge >= 0.3 is 0 Å². The molecular formula is C18H19Cl2NO4S. The zero-order valence-corrected chi connectivity index (χ0v) is 16.7. The van der Waals surface area contributed by atoms with Gasteiger partial charge in [-0.3, -0.25) is 4.79 Å². The minimum absolute atomic E-state index is 0.0961. The number of aryl methyl sites for hydroxylation is 1. The second-order valence-electron chi connectivity index (χ2n) is 5.82. The number of halogens is 2. The van der Waals surface area contributed by atoms with Crippen LogP contribution in [0.25, 0.3) is 0 Å². The van der Waals surface area contributed by atoms with Crippen molar-refractivity contribution in [1.82, 2.24) is 0 Å². The number of hydrogen-bond acceptors (Lipinski definition) is 4. The van der Waals surface area contributed by atoms with Crippen LogP contribution >= 0.6 is 23.2 Å². The second-order valence-corrected chi connectivity index (χ2v) is 8.68. The summed E-state index contributed by atoms with van der Waals surface area (Å²) >= 11 is 11.9. The van der Waals surface area contributed by atoms with Crippen LogP contribution in [0.15, 0.2) is 41.3 Å². The van der Waals surface area contributed by atoms with Crippen LogP contribution in [0, 0.1) is 6.92 Å². The molecule has 0 atom stereocenters. The minimum Gasteiger partial charge on any atom is -0.493 e. The number of sulfone groups is 1. The molecule has 140 valence electrons. The van der Waals surface area contributed by atoms with E-state index in [1.165, 1.54) is 18.2 Å². The van der Waals surface area contributed by atoms with Crippen molar-refractivity contribution in [2.75, 3.05) is 18.2 Å². The Morgan fingerprint density at radius 3 is 2.54 bits per heavy atom. The molecule has 0 saturated carbocycles. The smallest absolute Gasteiger partial charge is 0.224 e. The third kappa shape index (κ3) is 5.90. The van der Waals surface area contributed by atoms with E-state index >= 15 is 0 Å². The quantitative estimate of drug-likeness (QED) is 0.675. The van der Waals surface area contributed by atoms with Gasteiger partial charge in [-0.05, 0) is 55.3 Å². The Balaban J connectivity index is 1.87. The third-order valence-corrected chi connectivity index (χ3v) is 5.26. The molecule has 26 heavy (non-hydrogen) atoms. The van der Waals surface area contributed by atoms with E-state index in [1.54, 1.807) is 18.2 Å². The molecular weight excluding hydrogens is 397 g/mol. The molecule has 8 heteroatoms. The maximum Gasteiger partial charge on any atom is 0.224 e. The van der Waals surface area contributed by atoms with Gasteiger partial charge in [0.15, 0.2) is 9.84 Å². The molecule has 0 aromatic heterocycles. The lowest BCUT2D eigenvalue weighted by Crippen LogP contribution is -2.13. The number of hydrogen-bond donors (Lipinski definition) is 1. The second kappa shape index (κ2) is 8.75. The van der Waals surface area contributed by atoms with Gasteiger partial charge < -0.3 is 10.1 Å². The first-order chi connectivity index (χ1) is 12.2. The van der Waals surface area contributed by atoms with Crippen LogP contribution in [0.1, 0.15) is 18.4 Å². The molecule has 0 bridgehead atoms. The molecule has 0 aliphatic rings. The van der Waals surface area contributed by atoms with Crippen molar-refractivity contribution >= 4 is 44.6 Å². The van der Waals surface area contributed by atoms with E-state index < -0.39 is 9.84 Å². The molecule has 0 spiro atoms. The monoisotopic (exact) mass is 415 g/mol. The molecule has 0 aliphatic carbocycles. The summed E-state index contributed by atoms with van der Waals surface area (Å²) in [5.41, 5.74) is 1.19. The predicted octanol–water partition coefficient (Wildman–Crippen LogP) is 4.50. The van der Waals surface area contributed by atoms with E-state index in [1.807, 2.05) is 6.92 Å². The van der Waals surface area contributed by atoms with Crippen LogP contribution in [-0.4, -0.2) is 27.2 Å². The lowest BCUT2D eigenvalue weighted by molar-refractivity contribution is -0.116. The molecule has 0 heterocycles. The van der Waals surface area contributed by atoms with E-state index in [-0.39, 0.29) is 27.9 Å². The van der Waals surface area contributed by atoms with Gasteiger partial charge in [-0.25, -0.2) is 8.42 Å². The summed E-state index contributed by atoms with van der Waals surface area (Å²) in [4.78, 5) is 12.2. The number of anilines is 1. The van der Waals surface area contributed by atoms with Gasteiger partial charge in [0, 0.05) is 17.7 Å². The van der Waals surface area contributed by atoms with E-state index in [9.17, 15) is 13.2 Å². The zero-order chi connectivity index (χ0) is 19.3. The molecule has 1 N–H and O–H groups in total. The van der Waals surface area contributed by atoms with Crippen molar-refractivity contribution in [3.63, 3.8) is 0 Å². The van der Waals surface area contributed by atoms with Crippen LogP contribution in [0.3, 0.4) is 0 Å². The largest absolute Gasteiger partial charge is 0.493 e. The van der Waals surface area contributed by atoms with Crippen molar-refractivity contribution in [3.05, 3.63) is 52.0 Å². The van der Waals surface area contributed by atoms with E-state index in [0.29, 0.717) is 18.1 Å². The highest BCUT2D eigenvalue weighted by atomic mass is 35.5. The molecule has 0 radical (unpaired) electrons. The van der Waals surface area contributed by atoms with Crippen molar-refractivity contribution in [1.29, 1.82) is 0 Å². The summed E-state index contributed by atoms with van der Waals surface area (Å²) in [5, 5.41) is 3.55. The fourth-order valence-electron chi connectivity index (χ4n) is 2.23. The van der Waals surface area contributed by atoms with E-state index in [0.717, 1.165) is 17.6 Å². The number of carbonyl (C=O) groups is 1. The van der Waals surface area contributed by atoms with Crippen LogP contribution in [0.2, 0.25) is 10.0 Å². The summed E-state index contributed by atoms with van der Waals surface area (Å²) in [6, 6.07) is 9.53. The first kappa shape index (κ1) is 20.6. The molecule has 1 amide bonds. The lowest BCUT2D eigenvalue weighted by Gasteiger charge is -2.11. The van der Waals surface area contributed by atoms with Crippen molar-refractivity contribution in [3.8, 4) is 5.75 Å². The normalized spacial score (nSPS) is 11.2. The zero-order valence-electron chi connectivity index (χ0n) is 14.4. The molecule has 2 aromatic carbocycles. The van der Waals surface area contributed by atoms with Gasteiger partial charge in [-0.15, -0.1) is 0 Å². The van der Waals surface area contributed by atoms with Crippen molar-refractivity contribution in [2.24, 2.45) is 0 Å². The summed E-state index contributed by atoms with van der Waals surface area (Å²) in [6.45, 7) is 2.26. The van der Waals surface area contributed by atoms with E-state index in [4.69, 9.17) is 27.9 Å². The van der Waals surface area contributed by atoms with Gasteiger partial charge in [0.05, 0.1) is 22.2 Å². The number of rotatable bonds is 7. The molecule has 2 aromatic rings. The number of amides is 1. The maximum absolute atomic E-state index is 12.1. The maximum atomic E-state index is 12.1. The Morgan fingerprint density at radius 2 is 1.88 bits per heavy atom. The summed E-state index contributed by atoms with van der Waals surface area (Å²) < 4.78 is 28.8. The van der Waals surface area contributed by atoms with Gasteiger partial charge in [0.25, 0.3) is 0 Å². The van der Waals surface area contributed by atoms with Crippen LogP contribution in [0.5, 0.6) is 5.75 Å². The summed E-state index contributed by atoms with van der Waals surface area (Å²) in [7, 11) is -3.38. The number of ether oxygens (including phenoxy) is 1. The number of benzene rings is 2. The lowest BCUT2D eigenvalue weighted by atomic mass is 10.2. The van der Waals surface area contributed by atoms with Gasteiger partial charge in [-0.2, -0.15) is 0 Å². The Labute approximate surface area is 163 Å². The molecule has 0 aliphatic heterocycles. The number of carbonyl (C=O) groups excluding carboxylic acids is 1. The average molecular weight is 416 g/mol. The topological polar surface area (TPSA) is 72.5 Å². The first-order valence-corrected chi connectivity index (χ1v) is 10.5. The van der Waals surface area contributed by atoms with Crippen LogP contribution in [-0.2, 0) is 14.6 Å². The van der Waals surface area contributed by atoms with Gasteiger partial charge in [0.2, 0.25) is 5.91 Å². The van der Waals surface area contributed by atoms with E-state index in [2.05, 4.69) is 5.32 Å². The number of nitrogens with one attached hydrogen (secondary N) is 1. The van der Waals surface area contributed by atoms with Crippen LogP contribution in [0.4, 0.5) is 5.69 Å². The van der Waals surface area contributed by atoms with Crippen LogP contribution < -0.4 is 10.1 Å². The Bertz CT molecular complexity index is 913.